The molecule has 4 aromatic rings. The number of carbonyl (C=O) groups excluding carboxylic acids is 1. The number of amides is 1. The van der Waals surface area contributed by atoms with Gasteiger partial charge in [-0.05, 0) is 68.0 Å². The zero-order chi connectivity index (χ0) is 32.1. The molecule has 6 bridgehead atoms. The maximum Gasteiger partial charge on any atom is 0.326 e. The second-order valence-corrected chi connectivity index (χ2v) is 10.7. The van der Waals surface area contributed by atoms with Crippen molar-refractivity contribution in [1.29, 1.82) is 0 Å². The molecule has 4 N–H and O–H groups in total. The number of rotatable bonds is 7. The second-order valence-electron chi connectivity index (χ2n) is 10.7. The van der Waals surface area contributed by atoms with E-state index in [-0.39, 0.29) is 23.9 Å². The van der Waals surface area contributed by atoms with Crippen LogP contribution < -0.4 is 30.2 Å². The SMILES string of the molecule is CCOc1nc2nc(n1)Nc1ccc(C(=O)NC(Cc3ccccc3)C(=O)O)c(c1)OCCCCCCOc1ccc(cc1)CN2. The Morgan fingerprint density at radius 3 is 2.39 bits per heavy atom. The number of benzene rings is 3. The number of fused-ring (bicyclic) bond motifs is 10. The number of carbonyl (C=O) groups is 2. The number of carboxylic acids is 1. The number of hydrogen-bond donors (Lipinski definition) is 4. The Morgan fingerprint density at radius 1 is 0.913 bits per heavy atom. The minimum atomic E-state index is -1.13. The van der Waals surface area contributed by atoms with E-state index in [9.17, 15) is 14.7 Å². The summed E-state index contributed by atoms with van der Waals surface area (Å²) in [4.78, 5) is 38.7. The Bertz CT molecular complexity index is 1600. The topological polar surface area (TPSA) is 157 Å². The van der Waals surface area contributed by atoms with Gasteiger partial charge in [0, 0.05) is 24.7 Å². The first-order chi connectivity index (χ1) is 22.5. The van der Waals surface area contributed by atoms with Gasteiger partial charge in [-0.2, -0.15) is 15.0 Å². The molecule has 6 rings (SSSR count). The van der Waals surface area contributed by atoms with Crippen LogP contribution in [0.5, 0.6) is 17.5 Å². The first-order valence-electron chi connectivity index (χ1n) is 15.4. The highest BCUT2D eigenvalue weighted by molar-refractivity contribution is 5.99. The zero-order valence-corrected chi connectivity index (χ0v) is 25.7. The summed E-state index contributed by atoms with van der Waals surface area (Å²) in [5.41, 5.74) is 2.60. The summed E-state index contributed by atoms with van der Waals surface area (Å²) in [6, 6.07) is 21.0. The number of hydrogen-bond acceptors (Lipinski definition) is 10. The van der Waals surface area contributed by atoms with E-state index < -0.39 is 17.9 Å². The molecule has 1 aromatic heterocycles. The van der Waals surface area contributed by atoms with E-state index in [1.165, 1.54) is 0 Å². The number of aromatic nitrogens is 3. The Morgan fingerprint density at radius 2 is 1.65 bits per heavy atom. The summed E-state index contributed by atoms with van der Waals surface area (Å²) in [5.74, 6) is -0.0187. The number of aliphatic carboxylic acids is 1. The molecule has 12 heteroatoms. The molecular weight excluding hydrogens is 588 g/mol. The summed E-state index contributed by atoms with van der Waals surface area (Å²) >= 11 is 0. The lowest BCUT2D eigenvalue weighted by Crippen LogP contribution is -2.42. The first kappa shape index (κ1) is 32.0. The van der Waals surface area contributed by atoms with Crippen LogP contribution in [-0.2, 0) is 17.8 Å². The molecule has 1 amide bonds. The Hall–Kier alpha value is -5.39. The van der Waals surface area contributed by atoms with Gasteiger partial charge in [0.05, 0.1) is 25.4 Å². The van der Waals surface area contributed by atoms with Gasteiger partial charge >= 0.3 is 12.0 Å². The minimum absolute atomic E-state index is 0.143. The van der Waals surface area contributed by atoms with Crippen LogP contribution in [0.1, 0.15) is 54.1 Å². The van der Waals surface area contributed by atoms with E-state index >= 15 is 0 Å². The molecule has 3 heterocycles. The molecule has 0 saturated carbocycles. The molecule has 46 heavy (non-hydrogen) atoms. The van der Waals surface area contributed by atoms with Crippen molar-refractivity contribution in [2.45, 2.75) is 51.6 Å². The highest BCUT2D eigenvalue weighted by atomic mass is 16.5. The fraction of sp³-hybridized carbons (Fsp3) is 0.324. The monoisotopic (exact) mass is 626 g/mol. The number of anilines is 3. The highest BCUT2D eigenvalue weighted by Gasteiger charge is 2.23. The van der Waals surface area contributed by atoms with E-state index in [1.807, 2.05) is 61.5 Å². The summed E-state index contributed by atoms with van der Waals surface area (Å²) in [7, 11) is 0. The van der Waals surface area contributed by atoms with E-state index in [1.54, 1.807) is 18.2 Å². The van der Waals surface area contributed by atoms with Crippen LogP contribution in [0.3, 0.4) is 0 Å². The summed E-state index contributed by atoms with van der Waals surface area (Å²) in [5, 5.41) is 18.9. The molecule has 3 aromatic carbocycles. The minimum Gasteiger partial charge on any atom is -0.494 e. The number of carboxylic acid groups (broad SMARTS) is 1. The fourth-order valence-electron chi connectivity index (χ4n) is 4.82. The van der Waals surface area contributed by atoms with Crippen LogP contribution in [0.4, 0.5) is 17.6 Å². The second kappa shape index (κ2) is 16.1. The van der Waals surface area contributed by atoms with Crippen molar-refractivity contribution in [3.63, 3.8) is 0 Å². The van der Waals surface area contributed by atoms with Crippen LogP contribution in [-0.4, -0.2) is 57.8 Å². The summed E-state index contributed by atoms with van der Waals surface area (Å²) in [6.45, 7) is 3.66. The van der Waals surface area contributed by atoms with Crippen LogP contribution in [0.2, 0.25) is 0 Å². The van der Waals surface area contributed by atoms with Gasteiger partial charge in [-0.1, -0.05) is 42.5 Å². The molecule has 12 nitrogen and oxygen atoms in total. The molecule has 0 saturated heterocycles. The predicted octanol–water partition coefficient (Wildman–Crippen LogP) is 5.38. The Labute approximate surface area is 267 Å². The molecule has 0 radical (unpaired) electrons. The normalized spacial score (nSPS) is 14.2. The first-order valence-corrected chi connectivity index (χ1v) is 15.4. The predicted molar refractivity (Wildman–Crippen MR) is 173 cm³/mol. The standard InChI is InChI=1S/C34H38N6O6/c1-2-44-34-39-32-35-22-24-12-15-26(16-13-24)45-18-8-3-4-9-19-46-29-21-25(36-33(38-32)40-34)14-17-27(29)30(41)37-28(31(42)43)20-23-10-6-5-7-11-23/h5-7,10-17,21,28H,2-4,8-9,18-20,22H2,1H3,(H,37,41)(H,42,43)(H2,35,36,38,39,40). The van der Waals surface area contributed by atoms with Crippen LogP contribution in [0.25, 0.3) is 0 Å². The average Bonchev–Trinajstić information content (AvgIpc) is 3.05. The highest BCUT2D eigenvalue weighted by Crippen LogP contribution is 2.27. The van der Waals surface area contributed by atoms with Crippen molar-refractivity contribution < 1.29 is 28.9 Å². The molecule has 0 fully saturated rings. The largest absolute Gasteiger partial charge is 0.494 e. The van der Waals surface area contributed by atoms with Crippen molar-refractivity contribution in [1.82, 2.24) is 20.3 Å². The molecule has 1 atom stereocenters. The van der Waals surface area contributed by atoms with Gasteiger partial charge in [-0.15, -0.1) is 0 Å². The Balaban J connectivity index is 1.40. The van der Waals surface area contributed by atoms with Gasteiger partial charge in [0.25, 0.3) is 5.91 Å². The van der Waals surface area contributed by atoms with Crippen molar-refractivity contribution in [3.8, 4) is 17.5 Å². The molecule has 2 aliphatic heterocycles. The summed E-state index contributed by atoms with van der Waals surface area (Å²) < 4.78 is 17.6. The lowest BCUT2D eigenvalue weighted by molar-refractivity contribution is -0.139. The van der Waals surface area contributed by atoms with Crippen molar-refractivity contribution in [2.24, 2.45) is 0 Å². The molecule has 0 aliphatic carbocycles. The maximum atomic E-state index is 13.4. The third kappa shape index (κ3) is 9.31. The van der Waals surface area contributed by atoms with Crippen molar-refractivity contribution >= 4 is 29.5 Å². The van der Waals surface area contributed by atoms with Gasteiger partial charge in [-0.3, -0.25) is 4.79 Å². The Kier molecular flexibility index (Phi) is 11.2. The molecule has 240 valence electrons. The van der Waals surface area contributed by atoms with E-state index in [4.69, 9.17) is 14.2 Å². The van der Waals surface area contributed by atoms with E-state index in [2.05, 4.69) is 30.9 Å². The van der Waals surface area contributed by atoms with Crippen LogP contribution in [0, 0.1) is 0 Å². The van der Waals surface area contributed by atoms with Gasteiger partial charge in [0.1, 0.15) is 17.5 Å². The number of ether oxygens (including phenoxy) is 3. The summed E-state index contributed by atoms with van der Waals surface area (Å²) in [6.07, 6.45) is 3.68. The van der Waals surface area contributed by atoms with Gasteiger partial charge in [-0.25, -0.2) is 4.79 Å². The maximum absolute atomic E-state index is 13.4. The van der Waals surface area contributed by atoms with Crippen LogP contribution >= 0.6 is 0 Å². The average molecular weight is 627 g/mol. The third-order valence-corrected chi connectivity index (χ3v) is 7.20. The quantitative estimate of drug-likeness (QED) is 0.209. The number of nitrogens with zero attached hydrogens (tertiary/aromatic N) is 3. The fourth-order valence-corrected chi connectivity index (χ4v) is 4.82. The van der Waals surface area contributed by atoms with Crippen molar-refractivity contribution in [3.05, 3.63) is 89.5 Å². The van der Waals surface area contributed by atoms with Crippen molar-refractivity contribution in [2.75, 3.05) is 30.5 Å². The third-order valence-electron chi connectivity index (χ3n) is 7.20. The lowest BCUT2D eigenvalue weighted by atomic mass is 10.1. The van der Waals surface area contributed by atoms with Crippen LogP contribution in [0.15, 0.2) is 72.8 Å². The number of nitrogens with one attached hydrogen (secondary N) is 3. The molecule has 2 aliphatic rings. The lowest BCUT2D eigenvalue weighted by Gasteiger charge is -2.18. The smallest absolute Gasteiger partial charge is 0.326 e. The molecule has 0 spiro atoms. The molecular formula is C34H38N6O6. The molecule has 1 unspecified atom stereocenters. The van der Waals surface area contributed by atoms with E-state index in [0.717, 1.165) is 42.6 Å². The van der Waals surface area contributed by atoms with Gasteiger partial charge in [0.15, 0.2) is 0 Å². The van der Waals surface area contributed by atoms with E-state index in [0.29, 0.717) is 43.8 Å². The zero-order valence-electron chi connectivity index (χ0n) is 25.7. The van der Waals surface area contributed by atoms with Gasteiger partial charge in [0.2, 0.25) is 11.9 Å². The van der Waals surface area contributed by atoms with Gasteiger partial charge < -0.3 is 35.3 Å².